The molecule has 8 heteroatoms. The predicted molar refractivity (Wildman–Crippen MR) is 75.9 cm³/mol. The van der Waals surface area contributed by atoms with Crippen LogP contribution in [0.1, 0.15) is 12.5 Å². The maximum Gasteiger partial charge on any atom is 0.408 e. The third-order valence-electron chi connectivity index (χ3n) is 2.73. The first-order valence-electron chi connectivity index (χ1n) is 6.55. The summed E-state index contributed by atoms with van der Waals surface area (Å²) < 4.78 is 4.91. The molecule has 0 bridgehead atoms. The van der Waals surface area contributed by atoms with Crippen LogP contribution in [0.5, 0.6) is 0 Å². The van der Waals surface area contributed by atoms with Crippen LogP contribution in [0.15, 0.2) is 30.3 Å². The summed E-state index contributed by atoms with van der Waals surface area (Å²) >= 11 is 0. The van der Waals surface area contributed by atoms with Gasteiger partial charge in [0.05, 0.1) is 6.61 Å². The molecule has 0 saturated carbocycles. The number of amides is 2. The molecule has 0 spiro atoms. The van der Waals surface area contributed by atoms with Crippen molar-refractivity contribution in [3.05, 3.63) is 35.9 Å². The van der Waals surface area contributed by atoms with Crippen LogP contribution < -0.4 is 10.6 Å². The number of benzene rings is 1. The van der Waals surface area contributed by atoms with Crippen molar-refractivity contribution in [3.8, 4) is 0 Å². The summed E-state index contributed by atoms with van der Waals surface area (Å²) in [5.74, 6) is -2.04. The second kappa shape index (κ2) is 8.63. The first kappa shape index (κ1) is 17.4. The summed E-state index contributed by atoms with van der Waals surface area (Å²) in [5, 5.41) is 22.1. The molecule has 4 N–H and O–H groups in total. The SMILES string of the molecule is C[C@@H](NC(=O)[C@@H](CO)NC(=O)OCc1ccccc1)C(=O)O. The molecule has 2 atom stereocenters. The molecule has 8 nitrogen and oxygen atoms in total. The highest BCUT2D eigenvalue weighted by Gasteiger charge is 2.23. The van der Waals surface area contributed by atoms with E-state index < -0.39 is 36.7 Å². The van der Waals surface area contributed by atoms with Crippen molar-refractivity contribution in [2.45, 2.75) is 25.6 Å². The van der Waals surface area contributed by atoms with Crippen molar-refractivity contribution in [3.63, 3.8) is 0 Å². The quantitative estimate of drug-likeness (QED) is 0.555. The zero-order valence-corrected chi connectivity index (χ0v) is 12.0. The Morgan fingerprint density at radius 3 is 2.36 bits per heavy atom. The number of carbonyl (C=O) groups excluding carboxylic acids is 2. The summed E-state index contributed by atoms with van der Waals surface area (Å²) in [6.45, 7) is 0.596. The van der Waals surface area contributed by atoms with Crippen molar-refractivity contribution in [2.75, 3.05) is 6.61 Å². The van der Waals surface area contributed by atoms with Crippen LogP contribution in [0.25, 0.3) is 0 Å². The van der Waals surface area contributed by atoms with Gasteiger partial charge in [0, 0.05) is 0 Å². The molecule has 2 amide bonds. The number of alkyl carbamates (subject to hydrolysis) is 1. The standard InChI is InChI=1S/C14H18N2O6/c1-9(13(19)20)15-12(18)11(7-17)16-14(21)22-8-10-5-3-2-4-6-10/h2-6,9,11,17H,7-8H2,1H3,(H,15,18)(H,16,21)(H,19,20)/t9-,11-/m1/s1. The second-order valence-electron chi connectivity index (χ2n) is 4.51. The van der Waals surface area contributed by atoms with Crippen molar-refractivity contribution in [1.82, 2.24) is 10.6 Å². The average molecular weight is 310 g/mol. The zero-order valence-electron chi connectivity index (χ0n) is 12.0. The smallest absolute Gasteiger partial charge is 0.408 e. The minimum absolute atomic E-state index is 0.0119. The van der Waals surface area contributed by atoms with Crippen LogP contribution in [0.3, 0.4) is 0 Å². The van der Waals surface area contributed by atoms with Crippen molar-refractivity contribution < 1.29 is 29.3 Å². The third kappa shape index (κ3) is 5.80. The number of ether oxygens (including phenoxy) is 1. The van der Waals surface area contributed by atoms with Crippen LogP contribution in [0, 0.1) is 0 Å². The fourth-order valence-electron chi connectivity index (χ4n) is 1.48. The fourth-order valence-corrected chi connectivity index (χ4v) is 1.48. The molecule has 0 radical (unpaired) electrons. The van der Waals surface area contributed by atoms with Gasteiger partial charge in [-0.05, 0) is 12.5 Å². The topological polar surface area (TPSA) is 125 Å². The van der Waals surface area contributed by atoms with Crippen molar-refractivity contribution in [2.24, 2.45) is 0 Å². The Hall–Kier alpha value is -2.61. The van der Waals surface area contributed by atoms with Gasteiger partial charge in [-0.3, -0.25) is 9.59 Å². The number of rotatable bonds is 7. The molecule has 0 aliphatic rings. The van der Waals surface area contributed by atoms with E-state index >= 15 is 0 Å². The lowest BCUT2D eigenvalue weighted by molar-refractivity contribution is -0.141. The average Bonchev–Trinajstić information content (AvgIpc) is 2.51. The largest absolute Gasteiger partial charge is 0.480 e. The maximum absolute atomic E-state index is 11.7. The number of hydrogen-bond donors (Lipinski definition) is 4. The summed E-state index contributed by atoms with van der Waals surface area (Å²) in [7, 11) is 0. The Kier molecular flexibility index (Phi) is 6.84. The molecule has 1 rings (SSSR count). The van der Waals surface area contributed by atoms with Gasteiger partial charge in [-0.2, -0.15) is 0 Å². The molecule has 0 aliphatic heterocycles. The number of aliphatic hydroxyl groups is 1. The lowest BCUT2D eigenvalue weighted by Gasteiger charge is -2.17. The van der Waals surface area contributed by atoms with Crippen LogP contribution in [-0.4, -0.2) is 46.9 Å². The number of carbonyl (C=O) groups is 3. The van der Waals surface area contributed by atoms with E-state index in [0.717, 1.165) is 5.56 Å². The lowest BCUT2D eigenvalue weighted by Crippen LogP contribution is -2.52. The van der Waals surface area contributed by atoms with E-state index in [2.05, 4.69) is 10.6 Å². The summed E-state index contributed by atoms with van der Waals surface area (Å²) in [6.07, 6.45) is -0.888. The highest BCUT2D eigenvalue weighted by atomic mass is 16.5. The second-order valence-corrected chi connectivity index (χ2v) is 4.51. The molecular formula is C14H18N2O6. The maximum atomic E-state index is 11.7. The Morgan fingerprint density at radius 2 is 1.82 bits per heavy atom. The normalized spacial score (nSPS) is 12.8. The molecule has 0 heterocycles. The number of carboxylic acid groups (broad SMARTS) is 1. The summed E-state index contributed by atoms with van der Waals surface area (Å²) in [5.41, 5.74) is 0.766. The van der Waals surface area contributed by atoms with Crippen LogP contribution in [0.2, 0.25) is 0 Å². The number of carboxylic acids is 1. The van der Waals surface area contributed by atoms with Crippen LogP contribution in [0.4, 0.5) is 4.79 Å². The minimum atomic E-state index is -1.29. The number of hydrogen-bond acceptors (Lipinski definition) is 5. The molecule has 22 heavy (non-hydrogen) atoms. The van der Waals surface area contributed by atoms with E-state index in [4.69, 9.17) is 14.9 Å². The van der Waals surface area contributed by atoms with Crippen molar-refractivity contribution in [1.29, 1.82) is 0 Å². The molecule has 0 fully saturated rings. The Labute approximate surface area is 127 Å². The van der Waals surface area contributed by atoms with Gasteiger partial charge in [0.1, 0.15) is 18.7 Å². The predicted octanol–water partition coefficient (Wildman–Crippen LogP) is -0.137. The van der Waals surface area contributed by atoms with E-state index in [1.54, 1.807) is 24.3 Å². The van der Waals surface area contributed by atoms with E-state index in [9.17, 15) is 14.4 Å². The van der Waals surface area contributed by atoms with Gasteiger partial charge in [0.25, 0.3) is 0 Å². The highest BCUT2D eigenvalue weighted by Crippen LogP contribution is 2.00. The third-order valence-corrected chi connectivity index (χ3v) is 2.73. The molecule has 0 saturated heterocycles. The number of nitrogens with one attached hydrogen (secondary N) is 2. The molecule has 0 aromatic heterocycles. The van der Waals surface area contributed by atoms with Gasteiger partial charge in [-0.1, -0.05) is 30.3 Å². The molecular weight excluding hydrogens is 292 g/mol. The highest BCUT2D eigenvalue weighted by molar-refractivity contribution is 5.89. The molecule has 120 valence electrons. The van der Waals surface area contributed by atoms with E-state index in [1.807, 2.05) is 6.07 Å². The van der Waals surface area contributed by atoms with Gasteiger partial charge >= 0.3 is 12.1 Å². The molecule has 1 aromatic carbocycles. The van der Waals surface area contributed by atoms with Gasteiger partial charge in [0.15, 0.2) is 0 Å². The summed E-state index contributed by atoms with van der Waals surface area (Å²) in [4.78, 5) is 33.9. The molecule has 0 unspecified atom stereocenters. The Bertz CT molecular complexity index is 519. The van der Waals surface area contributed by atoms with E-state index in [0.29, 0.717) is 0 Å². The number of aliphatic carboxylic acids is 1. The Balaban J connectivity index is 2.45. The van der Waals surface area contributed by atoms with E-state index in [-0.39, 0.29) is 6.61 Å². The molecule has 0 aliphatic carbocycles. The van der Waals surface area contributed by atoms with Crippen molar-refractivity contribution >= 4 is 18.0 Å². The number of aliphatic hydroxyl groups excluding tert-OH is 1. The van der Waals surface area contributed by atoms with Gasteiger partial charge in [-0.25, -0.2) is 4.79 Å². The summed E-state index contributed by atoms with van der Waals surface area (Å²) in [6, 6.07) is 6.49. The Morgan fingerprint density at radius 1 is 1.18 bits per heavy atom. The van der Waals surface area contributed by atoms with E-state index in [1.165, 1.54) is 6.92 Å². The van der Waals surface area contributed by atoms with Gasteiger partial charge in [-0.15, -0.1) is 0 Å². The first-order chi connectivity index (χ1) is 10.4. The molecule has 1 aromatic rings. The fraction of sp³-hybridized carbons (Fsp3) is 0.357. The lowest BCUT2D eigenvalue weighted by atomic mass is 10.2. The van der Waals surface area contributed by atoms with Gasteiger partial charge < -0.3 is 25.6 Å². The first-order valence-corrected chi connectivity index (χ1v) is 6.55. The minimum Gasteiger partial charge on any atom is -0.480 e. The van der Waals surface area contributed by atoms with Crippen LogP contribution in [-0.2, 0) is 20.9 Å². The zero-order chi connectivity index (χ0) is 16.5. The monoisotopic (exact) mass is 310 g/mol. The van der Waals surface area contributed by atoms with Gasteiger partial charge in [0.2, 0.25) is 5.91 Å². The van der Waals surface area contributed by atoms with Crippen LogP contribution >= 0.6 is 0 Å².